The van der Waals surface area contributed by atoms with Gasteiger partial charge in [0.25, 0.3) is 5.84 Å². The van der Waals surface area contributed by atoms with Crippen LogP contribution in [0, 0.1) is 0 Å². The average Bonchev–Trinajstić information content (AvgIpc) is 2.33. The van der Waals surface area contributed by atoms with Crippen LogP contribution in [-0.2, 0) is 0 Å². The molecule has 1 aliphatic rings. The van der Waals surface area contributed by atoms with Crippen molar-refractivity contribution in [2.45, 2.75) is 9.79 Å². The maximum absolute atomic E-state index is 2.18. The molecule has 0 unspecified atom stereocenters. The summed E-state index contributed by atoms with van der Waals surface area (Å²) < 4.78 is 0. The summed E-state index contributed by atoms with van der Waals surface area (Å²) in [5.41, 5.74) is 0. The number of rotatable bonds is 0. The number of hydrogen-bond donors (Lipinski definition) is 0. The van der Waals surface area contributed by atoms with Gasteiger partial charge in [0, 0.05) is 9.79 Å². The molecule has 0 aromatic heterocycles. The van der Waals surface area contributed by atoms with Gasteiger partial charge in [-0.25, -0.2) is 0 Å². The molecule has 1 heterocycles. The molecular formula is C6H5BS2. The van der Waals surface area contributed by atoms with Gasteiger partial charge in [-0.15, -0.1) is 0 Å². The van der Waals surface area contributed by atoms with Gasteiger partial charge in [-0.05, 0) is 12.1 Å². The largest absolute Gasteiger partial charge is 0.269 e. The maximum Gasteiger partial charge on any atom is 0.269 e. The van der Waals surface area contributed by atoms with Crippen molar-refractivity contribution < 1.29 is 0 Å². The van der Waals surface area contributed by atoms with Crippen molar-refractivity contribution >= 4 is 29.1 Å². The normalized spacial score (nSPS) is 14.7. The smallest absolute Gasteiger partial charge is 0.164 e. The lowest BCUT2D eigenvalue weighted by molar-refractivity contribution is 1.27. The summed E-state index contributed by atoms with van der Waals surface area (Å²) in [4.78, 5) is 2.89. The van der Waals surface area contributed by atoms with Gasteiger partial charge in [-0.1, -0.05) is 12.1 Å². The Kier molecular flexibility index (Phi) is 1.48. The van der Waals surface area contributed by atoms with E-state index in [2.05, 4.69) is 24.3 Å². The molecule has 1 aromatic rings. The molecule has 0 bridgehead atoms. The Hall–Kier alpha value is -0.0151. The highest BCUT2D eigenvalue weighted by molar-refractivity contribution is 8.52. The van der Waals surface area contributed by atoms with E-state index < -0.39 is 0 Å². The fourth-order valence-electron chi connectivity index (χ4n) is 0.845. The van der Waals surface area contributed by atoms with Gasteiger partial charge in [-0.3, -0.25) is 0 Å². The summed E-state index contributed by atoms with van der Waals surface area (Å²) in [6, 6.07) is 8.55. The van der Waals surface area contributed by atoms with Gasteiger partial charge < -0.3 is 0 Å². The molecule has 0 spiro atoms. The van der Waals surface area contributed by atoms with E-state index in [4.69, 9.17) is 0 Å². The lowest BCUT2D eigenvalue weighted by atomic mass is 10.4. The monoisotopic (exact) mass is 152 g/mol. The molecule has 2 rings (SSSR count). The van der Waals surface area contributed by atoms with Gasteiger partial charge in [-0.2, -0.15) is 23.2 Å². The van der Waals surface area contributed by atoms with E-state index in [0.717, 1.165) is 0 Å². The van der Waals surface area contributed by atoms with Crippen LogP contribution in [0.1, 0.15) is 0 Å². The van der Waals surface area contributed by atoms with Crippen molar-refractivity contribution in [2.24, 2.45) is 0 Å². The molecule has 1 aromatic carbocycles. The standard InChI is InChI=1S/C6H5BS2/c1-2-4-6-5(3-1)8-7-9-6/h1-4,7H. The first kappa shape index (κ1) is 5.75. The quantitative estimate of drug-likeness (QED) is 0.522. The molecule has 0 saturated carbocycles. The number of hydrogen-bond acceptors (Lipinski definition) is 2. The molecule has 0 atom stereocenters. The van der Waals surface area contributed by atoms with Crippen LogP contribution in [0.2, 0.25) is 0 Å². The highest BCUT2D eigenvalue weighted by atomic mass is 32.2. The third-order valence-electron chi connectivity index (χ3n) is 1.28. The first-order valence-corrected chi connectivity index (χ1v) is 4.78. The van der Waals surface area contributed by atoms with Gasteiger partial charge in [0.1, 0.15) is 0 Å². The fraction of sp³-hybridized carbons (Fsp3) is 0. The van der Waals surface area contributed by atoms with Crippen LogP contribution in [0.3, 0.4) is 0 Å². The highest BCUT2D eigenvalue weighted by Crippen LogP contribution is 2.38. The van der Waals surface area contributed by atoms with Crippen LogP contribution in [0.25, 0.3) is 0 Å². The van der Waals surface area contributed by atoms with Crippen LogP contribution in [0.5, 0.6) is 0 Å². The fourth-order valence-corrected chi connectivity index (χ4v) is 3.22. The van der Waals surface area contributed by atoms with Gasteiger partial charge >= 0.3 is 0 Å². The van der Waals surface area contributed by atoms with Crippen LogP contribution in [0.15, 0.2) is 34.1 Å². The molecule has 0 aliphatic carbocycles. The molecule has 0 nitrogen and oxygen atoms in total. The van der Waals surface area contributed by atoms with Crippen LogP contribution in [0.4, 0.5) is 0 Å². The minimum absolute atomic E-state index is 1.19. The molecule has 0 radical (unpaired) electrons. The zero-order chi connectivity index (χ0) is 6.10. The predicted molar refractivity (Wildman–Crippen MR) is 45.3 cm³/mol. The van der Waals surface area contributed by atoms with E-state index in [9.17, 15) is 0 Å². The van der Waals surface area contributed by atoms with Crippen molar-refractivity contribution in [1.29, 1.82) is 0 Å². The van der Waals surface area contributed by atoms with Crippen molar-refractivity contribution in [1.82, 2.24) is 0 Å². The summed E-state index contributed by atoms with van der Waals surface area (Å²) in [6.07, 6.45) is 0. The molecule has 1 aliphatic heterocycles. The molecule has 44 valence electrons. The van der Waals surface area contributed by atoms with Crippen molar-refractivity contribution in [2.75, 3.05) is 0 Å². The summed E-state index contributed by atoms with van der Waals surface area (Å²) in [5.74, 6) is 1.19. The second kappa shape index (κ2) is 2.31. The minimum Gasteiger partial charge on any atom is -0.164 e. The Morgan fingerprint density at radius 2 is 1.56 bits per heavy atom. The van der Waals surface area contributed by atoms with Crippen molar-refractivity contribution in [3.8, 4) is 0 Å². The second-order valence-corrected chi connectivity index (χ2v) is 4.25. The maximum atomic E-state index is 2.18. The predicted octanol–water partition coefficient (Wildman–Crippen LogP) is 2.15. The van der Waals surface area contributed by atoms with Gasteiger partial charge in [0.15, 0.2) is 0 Å². The zero-order valence-corrected chi connectivity index (χ0v) is 6.47. The Labute approximate surface area is 63.5 Å². The molecule has 0 N–H and O–H groups in total. The Morgan fingerprint density at radius 1 is 1.00 bits per heavy atom. The average molecular weight is 152 g/mol. The zero-order valence-electron chi connectivity index (χ0n) is 4.83. The van der Waals surface area contributed by atoms with Crippen LogP contribution < -0.4 is 0 Å². The Balaban J connectivity index is 2.54. The SMILES string of the molecule is B1Sc2ccccc2S1. The Morgan fingerprint density at radius 3 is 2.11 bits per heavy atom. The topological polar surface area (TPSA) is 0 Å². The third-order valence-corrected chi connectivity index (χ3v) is 3.68. The van der Waals surface area contributed by atoms with E-state index >= 15 is 0 Å². The van der Waals surface area contributed by atoms with Crippen molar-refractivity contribution in [3.63, 3.8) is 0 Å². The molecule has 0 saturated heterocycles. The van der Waals surface area contributed by atoms with E-state index in [1.165, 1.54) is 15.6 Å². The van der Waals surface area contributed by atoms with Crippen molar-refractivity contribution in [3.05, 3.63) is 24.3 Å². The number of fused-ring (bicyclic) bond motifs is 1. The molecule has 9 heavy (non-hydrogen) atoms. The van der Waals surface area contributed by atoms with E-state index in [0.29, 0.717) is 0 Å². The lowest BCUT2D eigenvalue weighted by Crippen LogP contribution is -1.65. The first-order chi connectivity index (χ1) is 4.47. The van der Waals surface area contributed by atoms with Crippen LogP contribution in [-0.4, -0.2) is 5.84 Å². The van der Waals surface area contributed by atoms with Gasteiger partial charge in [0.2, 0.25) is 0 Å². The molecular weight excluding hydrogens is 147 g/mol. The second-order valence-electron chi connectivity index (χ2n) is 1.85. The third kappa shape index (κ3) is 0.991. The summed E-state index contributed by atoms with van der Waals surface area (Å²) in [6.45, 7) is 0. The van der Waals surface area contributed by atoms with Gasteiger partial charge in [0.05, 0.1) is 0 Å². The van der Waals surface area contributed by atoms with E-state index in [1.807, 2.05) is 23.2 Å². The Bertz CT molecular complexity index is 201. The van der Waals surface area contributed by atoms with E-state index in [-0.39, 0.29) is 0 Å². The molecule has 3 heteroatoms. The summed E-state index contributed by atoms with van der Waals surface area (Å²) in [5, 5.41) is 0. The lowest BCUT2D eigenvalue weighted by Gasteiger charge is -1.92. The summed E-state index contributed by atoms with van der Waals surface area (Å²) >= 11 is 3.86. The highest BCUT2D eigenvalue weighted by Gasteiger charge is 2.10. The first-order valence-electron chi connectivity index (χ1n) is 2.81. The number of benzene rings is 1. The molecule has 0 amide bonds. The summed E-state index contributed by atoms with van der Waals surface area (Å²) in [7, 11) is 0. The van der Waals surface area contributed by atoms with Crippen LogP contribution >= 0.6 is 23.2 Å². The minimum atomic E-state index is 1.19. The van der Waals surface area contributed by atoms with E-state index in [1.54, 1.807) is 0 Å². The molecule has 0 fully saturated rings.